The third-order valence-electron chi connectivity index (χ3n) is 2.54. The van der Waals surface area contributed by atoms with Gasteiger partial charge in [-0.2, -0.15) is 0 Å². The Bertz CT molecular complexity index is 414. The van der Waals surface area contributed by atoms with Crippen molar-refractivity contribution < 1.29 is 14.7 Å². The molecule has 1 aliphatic heterocycles. The number of amides is 1. The standard InChI is InChI=1S/C11H11NO3/c13-10-6-8(11(14)15)5-7-3-1-2-4-9(7)12-10/h1-4,8H,5-6H2,(H,12,13)(H,14,15). The first-order chi connectivity index (χ1) is 7.16. The van der Waals surface area contributed by atoms with Crippen molar-refractivity contribution in [3.63, 3.8) is 0 Å². The smallest absolute Gasteiger partial charge is 0.307 e. The Labute approximate surface area is 86.9 Å². The lowest BCUT2D eigenvalue weighted by atomic mass is 9.97. The average Bonchev–Trinajstić information content (AvgIpc) is 2.35. The maximum atomic E-state index is 11.4. The highest BCUT2D eigenvalue weighted by molar-refractivity contribution is 5.95. The van der Waals surface area contributed by atoms with Crippen LogP contribution in [0.4, 0.5) is 5.69 Å². The molecule has 4 heteroatoms. The van der Waals surface area contributed by atoms with Crippen LogP contribution in [0.5, 0.6) is 0 Å². The van der Waals surface area contributed by atoms with Crippen molar-refractivity contribution in [2.75, 3.05) is 5.32 Å². The fourth-order valence-corrected chi connectivity index (χ4v) is 1.76. The summed E-state index contributed by atoms with van der Waals surface area (Å²) in [5.41, 5.74) is 1.61. The Hall–Kier alpha value is -1.84. The largest absolute Gasteiger partial charge is 0.481 e. The van der Waals surface area contributed by atoms with Crippen LogP contribution in [0.25, 0.3) is 0 Å². The molecule has 78 valence electrons. The summed E-state index contributed by atoms with van der Waals surface area (Å²) in [6.45, 7) is 0. The Kier molecular flexibility index (Phi) is 2.41. The molecule has 1 amide bonds. The van der Waals surface area contributed by atoms with E-state index in [1.54, 1.807) is 6.07 Å². The number of anilines is 1. The molecule has 0 fully saturated rings. The van der Waals surface area contributed by atoms with E-state index in [2.05, 4.69) is 5.32 Å². The predicted molar refractivity (Wildman–Crippen MR) is 54.5 cm³/mol. The maximum absolute atomic E-state index is 11.4. The molecule has 0 aliphatic carbocycles. The summed E-state index contributed by atoms with van der Waals surface area (Å²) in [5.74, 6) is -1.76. The topological polar surface area (TPSA) is 66.4 Å². The molecule has 2 N–H and O–H groups in total. The van der Waals surface area contributed by atoms with E-state index in [-0.39, 0.29) is 12.3 Å². The van der Waals surface area contributed by atoms with Crippen LogP contribution < -0.4 is 5.32 Å². The van der Waals surface area contributed by atoms with Crippen LogP contribution in [0.1, 0.15) is 12.0 Å². The number of fused-ring (bicyclic) bond motifs is 1. The Balaban J connectivity index is 2.35. The maximum Gasteiger partial charge on any atom is 0.307 e. The molecule has 0 saturated heterocycles. The van der Waals surface area contributed by atoms with E-state index in [4.69, 9.17) is 5.11 Å². The number of nitrogens with one attached hydrogen (secondary N) is 1. The summed E-state index contributed by atoms with van der Waals surface area (Å²) in [4.78, 5) is 22.3. The minimum absolute atomic E-state index is 0.0456. The Morgan fingerprint density at radius 2 is 2.07 bits per heavy atom. The number of carboxylic acid groups (broad SMARTS) is 1. The van der Waals surface area contributed by atoms with Gasteiger partial charge in [0.25, 0.3) is 0 Å². The highest BCUT2D eigenvalue weighted by Crippen LogP contribution is 2.24. The molecule has 4 nitrogen and oxygen atoms in total. The van der Waals surface area contributed by atoms with Gasteiger partial charge in [0.2, 0.25) is 5.91 Å². The summed E-state index contributed by atoms with van der Waals surface area (Å²) < 4.78 is 0. The second kappa shape index (κ2) is 3.73. The van der Waals surface area contributed by atoms with Gasteiger partial charge >= 0.3 is 5.97 Å². The van der Waals surface area contributed by atoms with Crippen LogP contribution in [0.3, 0.4) is 0 Å². The van der Waals surface area contributed by atoms with E-state index in [0.29, 0.717) is 6.42 Å². The second-order valence-electron chi connectivity index (χ2n) is 3.65. The van der Waals surface area contributed by atoms with Gasteiger partial charge in [0.15, 0.2) is 0 Å². The van der Waals surface area contributed by atoms with E-state index in [1.807, 2.05) is 18.2 Å². The van der Waals surface area contributed by atoms with Gasteiger partial charge in [-0.1, -0.05) is 18.2 Å². The van der Waals surface area contributed by atoms with E-state index in [1.165, 1.54) is 0 Å². The summed E-state index contributed by atoms with van der Waals surface area (Å²) in [5, 5.41) is 11.6. The van der Waals surface area contributed by atoms with Crippen LogP contribution in [0, 0.1) is 5.92 Å². The number of carbonyl (C=O) groups excluding carboxylic acids is 1. The van der Waals surface area contributed by atoms with Crippen molar-refractivity contribution in [2.45, 2.75) is 12.8 Å². The van der Waals surface area contributed by atoms with Gasteiger partial charge < -0.3 is 10.4 Å². The lowest BCUT2D eigenvalue weighted by Crippen LogP contribution is -2.20. The summed E-state index contributed by atoms with van der Waals surface area (Å²) in [7, 11) is 0. The molecular formula is C11H11NO3. The molecule has 0 aromatic heterocycles. The molecular weight excluding hydrogens is 194 g/mol. The monoisotopic (exact) mass is 205 g/mol. The zero-order chi connectivity index (χ0) is 10.8. The fourth-order valence-electron chi connectivity index (χ4n) is 1.76. The summed E-state index contributed by atoms with van der Waals surface area (Å²) >= 11 is 0. The number of hydrogen-bond donors (Lipinski definition) is 2. The number of benzene rings is 1. The minimum Gasteiger partial charge on any atom is -0.481 e. The van der Waals surface area contributed by atoms with Crippen LogP contribution in [-0.4, -0.2) is 17.0 Å². The van der Waals surface area contributed by atoms with E-state index < -0.39 is 11.9 Å². The first-order valence-electron chi connectivity index (χ1n) is 4.77. The molecule has 1 aromatic carbocycles. The normalized spacial score (nSPS) is 20.0. The number of rotatable bonds is 1. The van der Waals surface area contributed by atoms with Gasteiger partial charge in [-0.25, -0.2) is 0 Å². The first kappa shape index (κ1) is 9.71. The second-order valence-corrected chi connectivity index (χ2v) is 3.65. The van der Waals surface area contributed by atoms with Gasteiger partial charge in [0.05, 0.1) is 5.92 Å². The van der Waals surface area contributed by atoms with Crippen molar-refractivity contribution in [2.24, 2.45) is 5.92 Å². The molecule has 0 bridgehead atoms. The van der Waals surface area contributed by atoms with Gasteiger partial charge in [0.1, 0.15) is 0 Å². The molecule has 1 heterocycles. The van der Waals surface area contributed by atoms with Crippen molar-refractivity contribution in [3.05, 3.63) is 29.8 Å². The lowest BCUT2D eigenvalue weighted by molar-refractivity contribution is -0.143. The average molecular weight is 205 g/mol. The van der Waals surface area contributed by atoms with Gasteiger partial charge in [-0.15, -0.1) is 0 Å². The van der Waals surface area contributed by atoms with E-state index in [0.717, 1.165) is 11.3 Å². The molecule has 0 saturated carbocycles. The zero-order valence-electron chi connectivity index (χ0n) is 8.06. The SMILES string of the molecule is O=C1CC(C(=O)O)Cc2ccccc2N1. The first-order valence-corrected chi connectivity index (χ1v) is 4.77. The minimum atomic E-state index is -0.915. The third kappa shape index (κ3) is 1.98. The molecule has 15 heavy (non-hydrogen) atoms. The number of para-hydroxylation sites is 1. The van der Waals surface area contributed by atoms with Crippen LogP contribution in [-0.2, 0) is 16.0 Å². The van der Waals surface area contributed by atoms with Crippen LogP contribution in [0.2, 0.25) is 0 Å². The molecule has 1 aliphatic rings. The molecule has 2 rings (SSSR count). The molecule has 1 atom stereocenters. The highest BCUT2D eigenvalue weighted by Gasteiger charge is 2.26. The highest BCUT2D eigenvalue weighted by atomic mass is 16.4. The zero-order valence-corrected chi connectivity index (χ0v) is 8.06. The fraction of sp³-hybridized carbons (Fsp3) is 0.273. The van der Waals surface area contributed by atoms with Gasteiger partial charge in [-0.05, 0) is 18.1 Å². The van der Waals surface area contributed by atoms with Gasteiger partial charge in [0, 0.05) is 12.1 Å². The number of aliphatic carboxylic acids is 1. The number of carbonyl (C=O) groups is 2. The lowest BCUT2D eigenvalue weighted by Gasteiger charge is -2.07. The van der Waals surface area contributed by atoms with Crippen molar-refractivity contribution in [1.82, 2.24) is 0 Å². The Morgan fingerprint density at radius 1 is 1.33 bits per heavy atom. The summed E-state index contributed by atoms with van der Waals surface area (Å²) in [6, 6.07) is 7.30. The Morgan fingerprint density at radius 3 is 2.80 bits per heavy atom. The summed E-state index contributed by atoms with van der Waals surface area (Å²) in [6.07, 6.45) is 0.453. The van der Waals surface area contributed by atoms with Crippen LogP contribution in [0.15, 0.2) is 24.3 Å². The van der Waals surface area contributed by atoms with Crippen LogP contribution >= 0.6 is 0 Å². The molecule has 1 unspecified atom stereocenters. The van der Waals surface area contributed by atoms with Gasteiger partial charge in [-0.3, -0.25) is 9.59 Å². The molecule has 1 aromatic rings. The van der Waals surface area contributed by atoms with E-state index >= 15 is 0 Å². The molecule has 0 spiro atoms. The number of carboxylic acids is 1. The predicted octanol–water partition coefficient (Wildman–Crippen LogP) is 1.27. The van der Waals surface area contributed by atoms with Crippen molar-refractivity contribution >= 4 is 17.6 Å². The van der Waals surface area contributed by atoms with Crippen molar-refractivity contribution in [1.29, 1.82) is 0 Å². The number of hydrogen-bond acceptors (Lipinski definition) is 2. The van der Waals surface area contributed by atoms with E-state index in [9.17, 15) is 9.59 Å². The quantitative estimate of drug-likeness (QED) is 0.725. The third-order valence-corrected chi connectivity index (χ3v) is 2.54. The van der Waals surface area contributed by atoms with Crippen molar-refractivity contribution in [3.8, 4) is 0 Å². The molecule has 0 radical (unpaired) electrons.